The number of benzene rings is 2. The zero-order chi connectivity index (χ0) is 44.6. The van der Waals surface area contributed by atoms with Crippen LogP contribution in [-0.4, -0.2) is 121 Å². The molecule has 2 saturated heterocycles. The minimum atomic E-state index is -0.791. The van der Waals surface area contributed by atoms with Crippen LogP contribution in [0.5, 0.6) is 23.0 Å². The number of carbonyl (C=O) groups excluding carboxylic acids is 4. The van der Waals surface area contributed by atoms with Gasteiger partial charge in [-0.05, 0) is 91.2 Å². The molecule has 2 aliphatic heterocycles. The van der Waals surface area contributed by atoms with Gasteiger partial charge in [0.15, 0.2) is 23.0 Å². The van der Waals surface area contributed by atoms with Gasteiger partial charge in [-0.2, -0.15) is 0 Å². The zero-order valence-electron chi connectivity index (χ0n) is 36.8. The molecule has 0 bridgehead atoms. The molecule has 16 heteroatoms. The Labute approximate surface area is 353 Å². The van der Waals surface area contributed by atoms with Crippen molar-refractivity contribution >= 4 is 35.4 Å². The highest BCUT2D eigenvalue weighted by Gasteiger charge is 2.41. The summed E-state index contributed by atoms with van der Waals surface area (Å²) < 4.78 is 34.4. The molecule has 2 atom stereocenters. The van der Waals surface area contributed by atoms with Crippen LogP contribution in [0.25, 0.3) is 0 Å². The van der Waals surface area contributed by atoms with Crippen LogP contribution in [0.3, 0.4) is 0 Å². The third-order valence-electron chi connectivity index (χ3n) is 9.77. The summed E-state index contributed by atoms with van der Waals surface area (Å²) in [6.07, 6.45) is 1.48. The molecule has 2 fully saturated rings. The van der Waals surface area contributed by atoms with E-state index >= 15 is 0 Å². The van der Waals surface area contributed by atoms with Crippen molar-refractivity contribution < 1.29 is 57.8 Å². The van der Waals surface area contributed by atoms with Crippen LogP contribution in [0, 0.1) is 5.41 Å². The molecule has 2 aromatic rings. The molecule has 0 spiro atoms. The van der Waals surface area contributed by atoms with E-state index in [2.05, 4.69) is 17.2 Å². The topological polar surface area (TPSA) is 195 Å². The van der Waals surface area contributed by atoms with Gasteiger partial charge in [-0.1, -0.05) is 26.0 Å². The Hall–Kier alpha value is -5.22. The van der Waals surface area contributed by atoms with Gasteiger partial charge in [0.05, 0.1) is 75.2 Å². The number of nitrogens with zero attached hydrogens (tertiary/aromatic N) is 2. The minimum absolute atomic E-state index is 0.141. The Balaban J connectivity index is 1.45. The number of hydrogen-bond acceptors (Lipinski definition) is 12. The summed E-state index contributed by atoms with van der Waals surface area (Å²) in [5.74, 6) is 0.398. The molecule has 4 rings (SSSR count). The standard InChI is InChI=1S/C44H64N4O12/c1-27-17-28(24-49)47(23-27)38(51)30-18-34(55-10)36(20-32(30)45-40(53)59-42(2,3)4)57-15-13-12-14-16-58-37-21-33(46-41(54)60-43(5,6)7)31(19-35(37)56-11)39(52)48-26-44(8,9)22-29(48)25-50/h18-21,28-29,49-50H,1,12-17,22-26H2,2-11H3,(H,45,53)(H,46,54)/t28-,29-/m0/s1. The highest BCUT2D eigenvalue weighted by atomic mass is 16.6. The fourth-order valence-electron chi connectivity index (χ4n) is 7.19. The molecular formula is C44H64N4O12. The van der Waals surface area contributed by atoms with Crippen molar-refractivity contribution in [2.45, 2.75) is 111 Å². The molecule has 0 unspecified atom stereocenters. The average Bonchev–Trinajstić information content (AvgIpc) is 3.69. The molecule has 0 radical (unpaired) electrons. The van der Waals surface area contributed by atoms with E-state index < -0.39 is 35.3 Å². The second-order valence-corrected chi connectivity index (χ2v) is 18.0. The van der Waals surface area contributed by atoms with E-state index in [1.807, 2.05) is 13.8 Å². The summed E-state index contributed by atoms with van der Waals surface area (Å²) in [4.78, 5) is 56.7. The third kappa shape index (κ3) is 12.9. The lowest BCUT2D eigenvalue weighted by Gasteiger charge is -2.26. The summed E-state index contributed by atoms with van der Waals surface area (Å²) in [6, 6.07) is 5.28. The van der Waals surface area contributed by atoms with Crippen molar-refractivity contribution in [1.29, 1.82) is 0 Å². The first-order valence-corrected chi connectivity index (χ1v) is 20.3. The summed E-state index contributed by atoms with van der Waals surface area (Å²) >= 11 is 0. The van der Waals surface area contributed by atoms with Gasteiger partial charge in [0.2, 0.25) is 0 Å². The lowest BCUT2D eigenvalue weighted by Crippen LogP contribution is -2.38. The largest absolute Gasteiger partial charge is 0.493 e. The quantitative estimate of drug-likeness (QED) is 0.0998. The van der Waals surface area contributed by atoms with Crippen LogP contribution in [0.2, 0.25) is 0 Å². The van der Waals surface area contributed by atoms with Crippen LogP contribution in [0.1, 0.15) is 108 Å². The van der Waals surface area contributed by atoms with E-state index in [0.29, 0.717) is 55.9 Å². The molecule has 16 nitrogen and oxygen atoms in total. The molecule has 332 valence electrons. The molecule has 0 saturated carbocycles. The molecule has 2 aromatic carbocycles. The van der Waals surface area contributed by atoms with E-state index in [1.54, 1.807) is 52.5 Å². The highest BCUT2D eigenvalue weighted by molar-refractivity contribution is 6.05. The number of hydrogen-bond donors (Lipinski definition) is 4. The molecule has 60 heavy (non-hydrogen) atoms. The predicted octanol–water partition coefficient (Wildman–Crippen LogP) is 7.02. The maximum Gasteiger partial charge on any atom is 0.412 e. The molecular weight excluding hydrogens is 776 g/mol. The first-order chi connectivity index (χ1) is 28.1. The SMILES string of the molecule is C=C1C[C@@H](CO)N(C(=O)c2cc(OC)c(OCCCCCOc3cc(NC(=O)OC(C)(C)C)c(C(=O)N4CC(C)(C)C[C@H]4CO)cc3OC)cc2NC(=O)OC(C)(C)C)C1. The van der Waals surface area contributed by atoms with Crippen molar-refractivity contribution in [2.75, 3.05) is 64.4 Å². The number of likely N-dealkylation sites (tertiary alicyclic amines) is 2. The van der Waals surface area contributed by atoms with Crippen LogP contribution in [0.15, 0.2) is 36.4 Å². The fourth-order valence-corrected chi connectivity index (χ4v) is 7.19. The van der Waals surface area contributed by atoms with E-state index in [9.17, 15) is 29.4 Å². The van der Waals surface area contributed by atoms with Crippen LogP contribution in [-0.2, 0) is 9.47 Å². The summed E-state index contributed by atoms with van der Waals surface area (Å²) in [5, 5.41) is 25.4. The second kappa shape index (κ2) is 19.9. The fraction of sp³-hybridized carbons (Fsp3) is 0.591. The Morgan fingerprint density at radius 2 is 1.17 bits per heavy atom. The number of ether oxygens (including phenoxy) is 6. The first-order valence-electron chi connectivity index (χ1n) is 20.3. The molecule has 2 heterocycles. The maximum atomic E-state index is 14.0. The van der Waals surface area contributed by atoms with E-state index in [0.717, 1.165) is 5.57 Å². The van der Waals surface area contributed by atoms with Gasteiger partial charge in [-0.15, -0.1) is 0 Å². The summed E-state index contributed by atoms with van der Waals surface area (Å²) in [7, 11) is 2.91. The Bertz CT molecular complexity index is 1880. The van der Waals surface area contributed by atoms with E-state index in [1.165, 1.54) is 37.3 Å². The van der Waals surface area contributed by atoms with Gasteiger partial charge in [0.1, 0.15) is 11.2 Å². The number of amides is 4. The zero-order valence-corrected chi connectivity index (χ0v) is 36.8. The van der Waals surface area contributed by atoms with Crippen molar-refractivity contribution in [3.05, 3.63) is 47.5 Å². The minimum Gasteiger partial charge on any atom is -0.493 e. The van der Waals surface area contributed by atoms with E-state index in [-0.39, 0.29) is 78.6 Å². The average molecular weight is 841 g/mol. The van der Waals surface area contributed by atoms with Crippen LogP contribution >= 0.6 is 0 Å². The Morgan fingerprint density at radius 1 is 0.717 bits per heavy atom. The maximum absolute atomic E-state index is 14.0. The van der Waals surface area contributed by atoms with Gasteiger partial charge >= 0.3 is 12.2 Å². The number of unbranched alkanes of at least 4 members (excludes halogenated alkanes) is 2. The third-order valence-corrected chi connectivity index (χ3v) is 9.77. The monoisotopic (exact) mass is 840 g/mol. The molecule has 0 aromatic heterocycles. The van der Waals surface area contributed by atoms with Crippen LogP contribution < -0.4 is 29.6 Å². The van der Waals surface area contributed by atoms with Gasteiger partial charge in [-0.25, -0.2) is 9.59 Å². The number of aliphatic hydroxyl groups excluding tert-OH is 2. The number of methoxy groups -OCH3 is 2. The van der Waals surface area contributed by atoms with Crippen molar-refractivity contribution in [1.82, 2.24) is 9.80 Å². The molecule has 4 amide bonds. The molecule has 4 N–H and O–H groups in total. The Kier molecular flexibility index (Phi) is 15.7. The van der Waals surface area contributed by atoms with Gasteiger partial charge in [0, 0.05) is 25.2 Å². The number of anilines is 2. The number of nitrogens with one attached hydrogen (secondary N) is 2. The van der Waals surface area contributed by atoms with Crippen molar-refractivity contribution in [2.24, 2.45) is 5.41 Å². The van der Waals surface area contributed by atoms with Crippen LogP contribution in [0.4, 0.5) is 21.0 Å². The van der Waals surface area contributed by atoms with Crippen molar-refractivity contribution in [3.8, 4) is 23.0 Å². The van der Waals surface area contributed by atoms with Gasteiger partial charge in [0.25, 0.3) is 11.8 Å². The second-order valence-electron chi connectivity index (χ2n) is 18.0. The lowest BCUT2D eigenvalue weighted by molar-refractivity contribution is 0.0622. The normalized spacial score (nSPS) is 17.6. The lowest BCUT2D eigenvalue weighted by atomic mass is 9.91. The number of rotatable bonds is 16. The summed E-state index contributed by atoms with van der Waals surface area (Å²) in [5.41, 5.74) is -0.311. The predicted molar refractivity (Wildman–Crippen MR) is 227 cm³/mol. The van der Waals surface area contributed by atoms with Crippen molar-refractivity contribution in [3.63, 3.8) is 0 Å². The Morgan fingerprint density at radius 3 is 1.58 bits per heavy atom. The van der Waals surface area contributed by atoms with Gasteiger partial charge < -0.3 is 48.4 Å². The molecule has 2 aliphatic rings. The number of aliphatic hydroxyl groups is 2. The molecule has 0 aliphatic carbocycles. The summed E-state index contributed by atoms with van der Waals surface area (Å²) in [6.45, 7) is 19.3. The van der Waals surface area contributed by atoms with Gasteiger partial charge in [-0.3, -0.25) is 20.2 Å². The van der Waals surface area contributed by atoms with E-state index in [4.69, 9.17) is 28.4 Å². The first kappa shape index (κ1) is 47.5. The smallest absolute Gasteiger partial charge is 0.412 e. The highest BCUT2D eigenvalue weighted by Crippen LogP contribution is 2.40. The number of carbonyl (C=O) groups is 4.